The van der Waals surface area contributed by atoms with Gasteiger partial charge in [0.15, 0.2) is 5.78 Å². The lowest BCUT2D eigenvalue weighted by Crippen LogP contribution is -2.42. The second-order valence-electron chi connectivity index (χ2n) is 5.70. The van der Waals surface area contributed by atoms with Gasteiger partial charge in [-0.3, -0.25) is 9.69 Å². The van der Waals surface area contributed by atoms with Gasteiger partial charge in [-0.25, -0.2) is 0 Å². The predicted octanol–water partition coefficient (Wildman–Crippen LogP) is 3.90. The van der Waals surface area contributed by atoms with Crippen LogP contribution >= 0.6 is 0 Å². The van der Waals surface area contributed by atoms with E-state index in [-0.39, 0.29) is 11.8 Å². The smallest absolute Gasteiger partial charge is 0.179 e. The van der Waals surface area contributed by atoms with Crippen molar-refractivity contribution in [1.82, 2.24) is 4.90 Å². The van der Waals surface area contributed by atoms with Gasteiger partial charge in [-0.2, -0.15) is 0 Å². The van der Waals surface area contributed by atoms with Crippen molar-refractivity contribution in [3.63, 3.8) is 0 Å². The first-order chi connectivity index (χ1) is 9.75. The van der Waals surface area contributed by atoms with Crippen LogP contribution in [0.5, 0.6) is 0 Å². The van der Waals surface area contributed by atoms with E-state index in [0.29, 0.717) is 0 Å². The molecule has 2 nitrogen and oxygen atoms in total. The van der Waals surface area contributed by atoms with Crippen LogP contribution in [0.1, 0.15) is 36.5 Å². The van der Waals surface area contributed by atoms with Gasteiger partial charge in [-0.05, 0) is 49.7 Å². The molecule has 2 heteroatoms. The zero-order valence-corrected chi connectivity index (χ0v) is 12.0. The molecule has 0 saturated carbocycles. The van der Waals surface area contributed by atoms with Crippen LogP contribution < -0.4 is 0 Å². The summed E-state index contributed by atoms with van der Waals surface area (Å²) in [5.74, 6) is 0.248. The predicted molar refractivity (Wildman–Crippen MR) is 83.2 cm³/mol. The number of carbonyl (C=O) groups is 1. The molecule has 1 aliphatic heterocycles. The zero-order valence-electron chi connectivity index (χ0n) is 12.0. The summed E-state index contributed by atoms with van der Waals surface area (Å²) in [7, 11) is 0. The van der Waals surface area contributed by atoms with Crippen molar-refractivity contribution >= 4 is 16.6 Å². The van der Waals surface area contributed by atoms with Gasteiger partial charge in [0.1, 0.15) is 0 Å². The summed E-state index contributed by atoms with van der Waals surface area (Å²) in [6.45, 7) is 4.16. The summed E-state index contributed by atoms with van der Waals surface area (Å²) < 4.78 is 0. The van der Waals surface area contributed by atoms with Gasteiger partial charge in [-0.15, -0.1) is 0 Å². The third kappa shape index (κ3) is 2.61. The van der Waals surface area contributed by atoms with E-state index >= 15 is 0 Å². The molecule has 0 bridgehead atoms. The molecule has 1 aliphatic rings. The summed E-state index contributed by atoms with van der Waals surface area (Å²) in [6.07, 6.45) is 3.73. The molecule has 2 aromatic rings. The van der Waals surface area contributed by atoms with E-state index in [1.54, 1.807) is 0 Å². The minimum atomic E-state index is -0.00328. The lowest BCUT2D eigenvalue weighted by Gasteiger charge is -2.31. The van der Waals surface area contributed by atoms with E-state index in [2.05, 4.69) is 17.0 Å². The number of piperidine rings is 1. The normalized spacial score (nSPS) is 18.1. The first-order valence-corrected chi connectivity index (χ1v) is 7.53. The zero-order chi connectivity index (χ0) is 13.9. The highest BCUT2D eigenvalue weighted by Crippen LogP contribution is 2.19. The topological polar surface area (TPSA) is 20.3 Å². The molecule has 0 aromatic heterocycles. The fourth-order valence-corrected chi connectivity index (χ4v) is 3.06. The molecule has 1 heterocycles. The highest BCUT2D eigenvalue weighted by molar-refractivity contribution is 6.02. The fraction of sp³-hybridized carbons (Fsp3) is 0.389. The number of Topliss-reactive ketones (excluding diaryl/α,β-unsaturated/α-hetero) is 1. The van der Waals surface area contributed by atoms with Crippen molar-refractivity contribution < 1.29 is 4.79 Å². The number of rotatable bonds is 3. The Morgan fingerprint density at radius 1 is 1.00 bits per heavy atom. The molecule has 3 rings (SSSR count). The van der Waals surface area contributed by atoms with E-state index in [0.717, 1.165) is 24.0 Å². The van der Waals surface area contributed by atoms with Crippen molar-refractivity contribution in [3.8, 4) is 0 Å². The van der Waals surface area contributed by atoms with Gasteiger partial charge in [-0.1, -0.05) is 42.8 Å². The molecule has 0 aliphatic carbocycles. The molecule has 1 atom stereocenters. The van der Waals surface area contributed by atoms with Crippen LogP contribution in [-0.2, 0) is 0 Å². The van der Waals surface area contributed by atoms with Crippen molar-refractivity contribution in [2.45, 2.75) is 32.2 Å². The Hall–Kier alpha value is -1.67. The Labute approximate surface area is 120 Å². The largest absolute Gasteiger partial charge is 0.294 e. The maximum absolute atomic E-state index is 12.6. The number of fused-ring (bicyclic) bond motifs is 1. The van der Waals surface area contributed by atoms with E-state index in [9.17, 15) is 4.79 Å². The lowest BCUT2D eigenvalue weighted by atomic mass is 9.99. The molecular formula is C18H21NO. The Morgan fingerprint density at radius 2 is 1.70 bits per heavy atom. The van der Waals surface area contributed by atoms with Crippen LogP contribution in [0.3, 0.4) is 0 Å². The minimum absolute atomic E-state index is 0.00328. The van der Waals surface area contributed by atoms with E-state index in [1.165, 1.54) is 24.6 Å². The molecule has 0 radical (unpaired) electrons. The van der Waals surface area contributed by atoms with Gasteiger partial charge >= 0.3 is 0 Å². The summed E-state index contributed by atoms with van der Waals surface area (Å²) in [5, 5.41) is 2.33. The quantitative estimate of drug-likeness (QED) is 0.786. The Morgan fingerprint density at radius 3 is 2.45 bits per heavy atom. The van der Waals surface area contributed by atoms with Crippen molar-refractivity contribution in [1.29, 1.82) is 0 Å². The van der Waals surface area contributed by atoms with Crippen molar-refractivity contribution in [2.75, 3.05) is 13.1 Å². The first-order valence-electron chi connectivity index (χ1n) is 7.53. The average Bonchev–Trinajstić information content (AvgIpc) is 2.54. The average molecular weight is 267 g/mol. The van der Waals surface area contributed by atoms with Gasteiger partial charge in [0.2, 0.25) is 0 Å². The van der Waals surface area contributed by atoms with E-state index < -0.39 is 0 Å². The summed E-state index contributed by atoms with van der Waals surface area (Å²) >= 11 is 0. The van der Waals surface area contributed by atoms with Crippen LogP contribution in [0.2, 0.25) is 0 Å². The monoisotopic (exact) mass is 267 g/mol. The van der Waals surface area contributed by atoms with Crippen LogP contribution in [0, 0.1) is 0 Å². The van der Waals surface area contributed by atoms with Gasteiger partial charge in [0.25, 0.3) is 0 Å². The standard InChI is InChI=1S/C18H21NO/c1-14(19-11-5-2-6-12-19)18(20)17-10-9-15-7-3-4-8-16(15)13-17/h3-4,7-10,13-14H,2,5-6,11-12H2,1H3. The summed E-state index contributed by atoms with van der Waals surface area (Å²) in [5.41, 5.74) is 0.835. The molecule has 20 heavy (non-hydrogen) atoms. The van der Waals surface area contributed by atoms with Crippen LogP contribution in [0.25, 0.3) is 10.8 Å². The van der Waals surface area contributed by atoms with Gasteiger partial charge < -0.3 is 0 Å². The minimum Gasteiger partial charge on any atom is -0.294 e. The van der Waals surface area contributed by atoms with Crippen LogP contribution in [-0.4, -0.2) is 29.8 Å². The van der Waals surface area contributed by atoms with E-state index in [4.69, 9.17) is 0 Å². The second kappa shape index (κ2) is 5.76. The summed E-state index contributed by atoms with van der Waals surface area (Å²) in [4.78, 5) is 15.0. The molecule has 1 unspecified atom stereocenters. The fourth-order valence-electron chi connectivity index (χ4n) is 3.06. The SMILES string of the molecule is CC(C(=O)c1ccc2ccccc2c1)N1CCCCC1. The Balaban J connectivity index is 1.83. The number of ketones is 1. The first kappa shape index (κ1) is 13.3. The van der Waals surface area contributed by atoms with Gasteiger partial charge in [0, 0.05) is 5.56 Å². The highest BCUT2D eigenvalue weighted by atomic mass is 16.1. The third-order valence-corrected chi connectivity index (χ3v) is 4.35. The van der Waals surface area contributed by atoms with Crippen molar-refractivity contribution in [3.05, 3.63) is 48.0 Å². The molecule has 2 aromatic carbocycles. The Kier molecular flexibility index (Phi) is 3.83. The number of benzene rings is 2. The lowest BCUT2D eigenvalue weighted by molar-refractivity contribution is 0.0809. The highest BCUT2D eigenvalue weighted by Gasteiger charge is 2.23. The Bertz CT molecular complexity index is 614. The maximum atomic E-state index is 12.6. The second-order valence-corrected chi connectivity index (χ2v) is 5.70. The molecule has 0 spiro atoms. The summed E-state index contributed by atoms with van der Waals surface area (Å²) in [6, 6.07) is 14.2. The van der Waals surface area contributed by atoms with Crippen LogP contribution in [0.4, 0.5) is 0 Å². The van der Waals surface area contributed by atoms with Crippen molar-refractivity contribution in [2.24, 2.45) is 0 Å². The number of hydrogen-bond acceptors (Lipinski definition) is 2. The molecule has 1 saturated heterocycles. The maximum Gasteiger partial charge on any atom is 0.179 e. The molecule has 0 N–H and O–H groups in total. The molecule has 1 fully saturated rings. The molecule has 104 valence electrons. The van der Waals surface area contributed by atoms with Gasteiger partial charge in [0.05, 0.1) is 6.04 Å². The van der Waals surface area contributed by atoms with Crippen LogP contribution in [0.15, 0.2) is 42.5 Å². The number of carbonyl (C=O) groups excluding carboxylic acids is 1. The molecule has 0 amide bonds. The molecular weight excluding hydrogens is 246 g/mol. The number of nitrogens with zero attached hydrogens (tertiary/aromatic N) is 1. The van der Waals surface area contributed by atoms with E-state index in [1.807, 2.05) is 37.3 Å². The number of hydrogen-bond donors (Lipinski definition) is 0. The third-order valence-electron chi connectivity index (χ3n) is 4.35. The number of likely N-dealkylation sites (tertiary alicyclic amines) is 1.